The van der Waals surface area contributed by atoms with Crippen molar-refractivity contribution in [3.63, 3.8) is 0 Å². The highest BCUT2D eigenvalue weighted by atomic mass is 79.9. The van der Waals surface area contributed by atoms with E-state index in [2.05, 4.69) is 21.2 Å². The minimum atomic E-state index is -3.91. The van der Waals surface area contributed by atoms with Crippen molar-refractivity contribution in [2.75, 3.05) is 6.61 Å². The summed E-state index contributed by atoms with van der Waals surface area (Å²) in [5.74, 6) is 0. The van der Waals surface area contributed by atoms with Crippen LogP contribution in [0.5, 0.6) is 0 Å². The number of carbonyl (C=O) groups excluding carboxylic acids is 1. The number of alkyl carbamates (subject to hydrolysis) is 1. The molecule has 0 aliphatic rings. The number of hydrogen-bond acceptors (Lipinski definition) is 5. The van der Waals surface area contributed by atoms with Crippen molar-refractivity contribution in [3.8, 4) is 0 Å². The van der Waals surface area contributed by atoms with Gasteiger partial charge in [-0.3, -0.25) is 0 Å². The standard InChI is InChI=1S/C22H25BrN2O5S/c1-14-5-8-16(9-6-14)31(28,29)25-12-18(17-10-7-15(23)11-20(17)25)19(13-26)24-21(27)30-22(2,3)4/h5-12,19,26H,13H2,1-4H3,(H,24,27)/t19-/m0/s1. The quantitative estimate of drug-likeness (QED) is 0.528. The van der Waals surface area contributed by atoms with Gasteiger partial charge in [0, 0.05) is 21.6 Å². The number of aryl methyl sites for hydroxylation is 1. The Labute approximate surface area is 190 Å². The summed E-state index contributed by atoms with van der Waals surface area (Å²) in [5, 5.41) is 13.2. The van der Waals surface area contributed by atoms with Crippen LogP contribution in [-0.2, 0) is 14.8 Å². The summed E-state index contributed by atoms with van der Waals surface area (Å²) in [6.07, 6.45) is 0.732. The summed E-state index contributed by atoms with van der Waals surface area (Å²) in [5.41, 5.74) is 1.13. The van der Waals surface area contributed by atoms with Gasteiger partial charge in [0.25, 0.3) is 10.0 Å². The van der Waals surface area contributed by atoms with Gasteiger partial charge >= 0.3 is 6.09 Å². The summed E-state index contributed by atoms with van der Waals surface area (Å²) in [6.45, 7) is 6.65. The number of carbonyl (C=O) groups is 1. The molecule has 0 saturated heterocycles. The molecule has 3 aromatic rings. The van der Waals surface area contributed by atoms with Gasteiger partial charge in [0.15, 0.2) is 0 Å². The zero-order valence-corrected chi connectivity index (χ0v) is 20.1. The monoisotopic (exact) mass is 508 g/mol. The van der Waals surface area contributed by atoms with E-state index in [9.17, 15) is 18.3 Å². The molecule has 9 heteroatoms. The molecule has 2 N–H and O–H groups in total. The number of aliphatic hydroxyl groups excluding tert-OH is 1. The maximum Gasteiger partial charge on any atom is 0.408 e. The van der Waals surface area contributed by atoms with Crippen LogP contribution >= 0.6 is 15.9 Å². The molecule has 1 atom stereocenters. The van der Waals surface area contributed by atoms with Gasteiger partial charge in [-0.05, 0) is 52.0 Å². The SMILES string of the molecule is Cc1ccc(S(=O)(=O)n2cc([C@H](CO)NC(=O)OC(C)(C)C)c3ccc(Br)cc32)cc1. The zero-order valence-electron chi connectivity index (χ0n) is 17.7. The fourth-order valence-corrected chi connectivity index (χ4v) is 4.89. The van der Waals surface area contributed by atoms with Gasteiger partial charge in [0.1, 0.15) is 5.60 Å². The molecule has 0 aliphatic heterocycles. The Hall–Kier alpha value is -2.36. The molecule has 3 rings (SSSR count). The van der Waals surface area contributed by atoms with Crippen LogP contribution in [0.3, 0.4) is 0 Å². The number of ether oxygens (including phenoxy) is 1. The third-order valence-electron chi connectivity index (χ3n) is 4.59. The van der Waals surface area contributed by atoms with E-state index < -0.39 is 34.4 Å². The van der Waals surface area contributed by atoms with Gasteiger partial charge in [-0.15, -0.1) is 0 Å². The second-order valence-corrected chi connectivity index (χ2v) is 11.0. The molecule has 31 heavy (non-hydrogen) atoms. The van der Waals surface area contributed by atoms with Crippen molar-refractivity contribution < 1.29 is 23.1 Å². The largest absolute Gasteiger partial charge is 0.444 e. The zero-order chi connectivity index (χ0) is 23.0. The van der Waals surface area contributed by atoms with Crippen LogP contribution in [-0.4, -0.2) is 35.8 Å². The average molecular weight is 509 g/mol. The molecule has 0 aliphatic carbocycles. The van der Waals surface area contributed by atoms with Crippen LogP contribution in [0.1, 0.15) is 37.9 Å². The number of hydrogen-bond donors (Lipinski definition) is 2. The molecule has 0 radical (unpaired) electrons. The van der Waals surface area contributed by atoms with E-state index in [1.807, 2.05) is 6.92 Å². The van der Waals surface area contributed by atoms with Crippen LogP contribution in [0.4, 0.5) is 4.79 Å². The summed E-state index contributed by atoms with van der Waals surface area (Å²) < 4.78 is 33.9. The van der Waals surface area contributed by atoms with Crippen LogP contribution in [0.25, 0.3) is 10.9 Å². The fraction of sp³-hybridized carbons (Fsp3) is 0.318. The van der Waals surface area contributed by atoms with Gasteiger partial charge in [-0.2, -0.15) is 0 Å². The Kier molecular flexibility index (Phi) is 6.50. The van der Waals surface area contributed by atoms with E-state index in [0.717, 1.165) is 5.56 Å². The van der Waals surface area contributed by atoms with Crippen LogP contribution in [0.15, 0.2) is 58.0 Å². The molecule has 1 heterocycles. The Balaban J connectivity index is 2.12. The lowest BCUT2D eigenvalue weighted by Crippen LogP contribution is -2.36. The van der Waals surface area contributed by atoms with Gasteiger partial charge in [0.05, 0.1) is 23.1 Å². The fourth-order valence-electron chi connectivity index (χ4n) is 3.17. The number of halogens is 1. The Morgan fingerprint density at radius 2 is 1.84 bits per heavy atom. The molecular formula is C22H25BrN2O5S. The predicted octanol–water partition coefficient (Wildman–Crippen LogP) is 4.51. The van der Waals surface area contributed by atoms with Gasteiger partial charge in [0.2, 0.25) is 0 Å². The number of rotatable bonds is 5. The molecule has 2 aromatic carbocycles. The molecule has 7 nitrogen and oxygen atoms in total. The van der Waals surface area contributed by atoms with E-state index in [1.165, 1.54) is 10.2 Å². The second kappa shape index (κ2) is 8.64. The third kappa shape index (κ3) is 5.11. The first-order valence-electron chi connectivity index (χ1n) is 9.65. The maximum absolute atomic E-state index is 13.4. The molecular weight excluding hydrogens is 484 g/mol. The Morgan fingerprint density at radius 3 is 2.42 bits per heavy atom. The minimum absolute atomic E-state index is 0.141. The number of nitrogens with zero attached hydrogens (tertiary/aromatic N) is 1. The normalized spacial score (nSPS) is 13.2. The molecule has 1 amide bonds. The van der Waals surface area contributed by atoms with E-state index in [1.54, 1.807) is 63.2 Å². The number of nitrogens with one attached hydrogen (secondary N) is 1. The molecule has 0 fully saturated rings. The lowest BCUT2D eigenvalue weighted by Gasteiger charge is -2.22. The molecule has 166 valence electrons. The molecule has 0 spiro atoms. The molecule has 1 aromatic heterocycles. The number of fused-ring (bicyclic) bond motifs is 1. The maximum atomic E-state index is 13.4. The lowest BCUT2D eigenvalue weighted by atomic mass is 10.1. The average Bonchev–Trinajstić information content (AvgIpc) is 3.04. The predicted molar refractivity (Wildman–Crippen MR) is 123 cm³/mol. The summed E-state index contributed by atoms with van der Waals surface area (Å²) in [6, 6.07) is 10.9. The van der Waals surface area contributed by atoms with Crippen LogP contribution in [0, 0.1) is 6.92 Å². The Morgan fingerprint density at radius 1 is 1.19 bits per heavy atom. The molecule has 0 saturated carbocycles. The van der Waals surface area contributed by atoms with Crippen molar-refractivity contribution in [3.05, 3.63) is 64.3 Å². The topological polar surface area (TPSA) is 97.6 Å². The lowest BCUT2D eigenvalue weighted by molar-refractivity contribution is 0.0482. The van der Waals surface area contributed by atoms with Crippen molar-refractivity contribution in [2.45, 2.75) is 44.2 Å². The van der Waals surface area contributed by atoms with Crippen molar-refractivity contribution in [1.29, 1.82) is 0 Å². The first-order valence-corrected chi connectivity index (χ1v) is 11.9. The number of benzene rings is 2. The highest BCUT2D eigenvalue weighted by Gasteiger charge is 2.27. The van der Waals surface area contributed by atoms with E-state index in [0.29, 0.717) is 20.9 Å². The second-order valence-electron chi connectivity index (χ2n) is 8.24. The van der Waals surface area contributed by atoms with Crippen LogP contribution < -0.4 is 5.32 Å². The van der Waals surface area contributed by atoms with Crippen molar-refractivity contribution in [1.82, 2.24) is 9.29 Å². The number of amides is 1. The van der Waals surface area contributed by atoms with Gasteiger partial charge in [-0.1, -0.05) is 39.7 Å². The highest BCUT2D eigenvalue weighted by Crippen LogP contribution is 2.32. The molecule has 0 bridgehead atoms. The van der Waals surface area contributed by atoms with E-state index >= 15 is 0 Å². The van der Waals surface area contributed by atoms with E-state index in [4.69, 9.17) is 4.74 Å². The summed E-state index contributed by atoms with van der Waals surface area (Å²) in [7, 11) is -3.91. The first kappa shape index (κ1) is 23.3. The van der Waals surface area contributed by atoms with Crippen molar-refractivity contribution in [2.24, 2.45) is 0 Å². The Bertz CT molecular complexity index is 1210. The summed E-state index contributed by atoms with van der Waals surface area (Å²) >= 11 is 3.39. The number of aliphatic hydroxyl groups is 1. The third-order valence-corrected chi connectivity index (χ3v) is 6.77. The smallest absolute Gasteiger partial charge is 0.408 e. The van der Waals surface area contributed by atoms with Gasteiger partial charge < -0.3 is 15.2 Å². The van der Waals surface area contributed by atoms with E-state index in [-0.39, 0.29) is 4.90 Å². The summed E-state index contributed by atoms with van der Waals surface area (Å²) in [4.78, 5) is 12.4. The first-order chi connectivity index (χ1) is 14.4. The minimum Gasteiger partial charge on any atom is -0.444 e. The van der Waals surface area contributed by atoms with Crippen LogP contribution in [0.2, 0.25) is 0 Å². The van der Waals surface area contributed by atoms with Gasteiger partial charge in [-0.25, -0.2) is 17.2 Å². The highest BCUT2D eigenvalue weighted by molar-refractivity contribution is 9.10. The molecule has 0 unspecified atom stereocenters. The number of aromatic nitrogens is 1. The van der Waals surface area contributed by atoms with Crippen molar-refractivity contribution >= 4 is 42.9 Å².